The number of Topliss-reactive ketones (excluding diaryl/α,β-unsaturated/α-hetero) is 1. The average Bonchev–Trinajstić information content (AvgIpc) is 2.67. The summed E-state index contributed by atoms with van der Waals surface area (Å²) in [5.41, 5.74) is 1.53. The minimum Gasteiger partial charge on any atom is -0.392 e. The lowest BCUT2D eigenvalue weighted by molar-refractivity contribution is -0.127. The van der Waals surface area contributed by atoms with E-state index in [1.54, 1.807) is 30.3 Å². The second kappa shape index (κ2) is 6.02. The lowest BCUT2D eigenvalue weighted by Crippen LogP contribution is -2.32. The summed E-state index contributed by atoms with van der Waals surface area (Å²) in [7, 11) is 0. The number of thioether (sulfide) groups is 1. The van der Waals surface area contributed by atoms with Crippen molar-refractivity contribution in [2.75, 3.05) is 6.54 Å². The number of ketones is 1. The topological polar surface area (TPSA) is 74.7 Å². The highest BCUT2D eigenvalue weighted by Crippen LogP contribution is 2.31. The molecule has 6 heteroatoms. The maximum atomic E-state index is 12.0. The van der Waals surface area contributed by atoms with Gasteiger partial charge in [0.05, 0.1) is 18.1 Å². The SMILES string of the molecule is CC(=O)CN1C(=O)S/C(=C\c2ccc(CO)cc2)C1=O. The van der Waals surface area contributed by atoms with Crippen LogP contribution in [0.15, 0.2) is 29.2 Å². The van der Waals surface area contributed by atoms with E-state index >= 15 is 0 Å². The second-order valence-corrected chi connectivity index (χ2v) is 5.36. The number of carbonyl (C=O) groups is 3. The first-order chi connectivity index (χ1) is 9.51. The zero-order chi connectivity index (χ0) is 14.7. The minimum atomic E-state index is -0.443. The van der Waals surface area contributed by atoms with Gasteiger partial charge in [-0.2, -0.15) is 0 Å². The molecule has 1 saturated heterocycles. The van der Waals surface area contributed by atoms with Crippen molar-refractivity contribution in [1.82, 2.24) is 4.90 Å². The molecule has 0 aromatic heterocycles. The Bertz CT molecular complexity index is 592. The smallest absolute Gasteiger partial charge is 0.293 e. The number of imide groups is 1. The Hall–Kier alpha value is -1.92. The third-order valence-electron chi connectivity index (χ3n) is 2.71. The summed E-state index contributed by atoms with van der Waals surface area (Å²) in [6, 6.07) is 6.99. The molecule has 0 unspecified atom stereocenters. The zero-order valence-corrected chi connectivity index (χ0v) is 11.6. The number of carbonyl (C=O) groups excluding carboxylic acids is 3. The Morgan fingerprint density at radius 1 is 1.30 bits per heavy atom. The van der Waals surface area contributed by atoms with Gasteiger partial charge in [0.1, 0.15) is 5.78 Å². The molecule has 1 N–H and O–H groups in total. The fourth-order valence-electron chi connectivity index (χ4n) is 1.73. The van der Waals surface area contributed by atoms with Crippen molar-refractivity contribution < 1.29 is 19.5 Å². The van der Waals surface area contributed by atoms with E-state index in [4.69, 9.17) is 5.11 Å². The molecule has 20 heavy (non-hydrogen) atoms. The van der Waals surface area contributed by atoms with Crippen molar-refractivity contribution in [3.8, 4) is 0 Å². The monoisotopic (exact) mass is 291 g/mol. The molecule has 0 spiro atoms. The van der Waals surface area contributed by atoms with Gasteiger partial charge in [0.2, 0.25) is 0 Å². The summed E-state index contributed by atoms with van der Waals surface area (Å²) in [6.45, 7) is 1.10. The first-order valence-corrected chi connectivity index (χ1v) is 6.77. The molecule has 0 aliphatic carbocycles. The Morgan fingerprint density at radius 3 is 2.50 bits per heavy atom. The fourth-order valence-corrected chi connectivity index (χ4v) is 2.57. The van der Waals surface area contributed by atoms with Crippen LogP contribution in [-0.4, -0.2) is 33.5 Å². The molecule has 1 heterocycles. The van der Waals surface area contributed by atoms with Crippen LogP contribution in [-0.2, 0) is 16.2 Å². The van der Waals surface area contributed by atoms with Gasteiger partial charge >= 0.3 is 0 Å². The minimum absolute atomic E-state index is 0.0462. The lowest BCUT2D eigenvalue weighted by Gasteiger charge is -2.08. The van der Waals surface area contributed by atoms with E-state index in [9.17, 15) is 14.4 Å². The Kier molecular flexibility index (Phi) is 4.36. The second-order valence-electron chi connectivity index (χ2n) is 4.37. The Labute approximate surface area is 120 Å². The van der Waals surface area contributed by atoms with Gasteiger partial charge in [0.25, 0.3) is 11.1 Å². The third-order valence-corrected chi connectivity index (χ3v) is 3.62. The van der Waals surface area contributed by atoms with Crippen LogP contribution in [0.5, 0.6) is 0 Å². The van der Waals surface area contributed by atoms with Crippen LogP contribution in [0.3, 0.4) is 0 Å². The van der Waals surface area contributed by atoms with E-state index in [0.29, 0.717) is 4.91 Å². The summed E-state index contributed by atoms with van der Waals surface area (Å²) in [6.07, 6.45) is 1.60. The van der Waals surface area contributed by atoms with Gasteiger partial charge in [-0.3, -0.25) is 19.3 Å². The molecular formula is C14H13NO4S. The van der Waals surface area contributed by atoms with Crippen molar-refractivity contribution in [2.24, 2.45) is 0 Å². The van der Waals surface area contributed by atoms with Crippen molar-refractivity contribution >= 4 is 34.8 Å². The molecular weight excluding hydrogens is 278 g/mol. The molecule has 1 fully saturated rings. The predicted octanol–water partition coefficient (Wildman–Crippen LogP) is 1.80. The van der Waals surface area contributed by atoms with Gasteiger partial charge in [0.15, 0.2) is 0 Å². The van der Waals surface area contributed by atoms with Gasteiger partial charge in [-0.25, -0.2) is 0 Å². The molecule has 0 saturated carbocycles. The number of hydrogen-bond donors (Lipinski definition) is 1. The van der Waals surface area contributed by atoms with E-state index < -0.39 is 11.1 Å². The number of amides is 2. The maximum Gasteiger partial charge on any atom is 0.293 e. The van der Waals surface area contributed by atoms with Gasteiger partial charge < -0.3 is 5.11 Å². The van der Waals surface area contributed by atoms with Crippen molar-refractivity contribution in [3.05, 3.63) is 40.3 Å². The molecule has 0 atom stereocenters. The zero-order valence-electron chi connectivity index (χ0n) is 10.8. The summed E-state index contributed by atoms with van der Waals surface area (Å²) < 4.78 is 0. The van der Waals surface area contributed by atoms with E-state index in [1.807, 2.05) is 0 Å². The summed E-state index contributed by atoms with van der Waals surface area (Å²) >= 11 is 0.826. The van der Waals surface area contributed by atoms with Crippen LogP contribution in [0.4, 0.5) is 4.79 Å². The van der Waals surface area contributed by atoms with Crippen LogP contribution in [0.1, 0.15) is 18.1 Å². The highest BCUT2D eigenvalue weighted by molar-refractivity contribution is 8.18. The summed E-state index contributed by atoms with van der Waals surface area (Å²) in [5.74, 6) is -0.678. The lowest BCUT2D eigenvalue weighted by atomic mass is 10.1. The van der Waals surface area contributed by atoms with Crippen molar-refractivity contribution in [2.45, 2.75) is 13.5 Å². The quantitative estimate of drug-likeness (QED) is 0.856. The molecule has 1 aliphatic rings. The van der Waals surface area contributed by atoms with Gasteiger partial charge in [-0.05, 0) is 35.9 Å². The van der Waals surface area contributed by atoms with E-state index in [2.05, 4.69) is 0 Å². The van der Waals surface area contributed by atoms with E-state index in [1.165, 1.54) is 6.92 Å². The predicted molar refractivity (Wildman–Crippen MR) is 75.7 cm³/mol. The molecule has 0 bridgehead atoms. The number of aliphatic hydroxyl groups excluding tert-OH is 1. The maximum absolute atomic E-state index is 12.0. The molecule has 104 valence electrons. The van der Waals surface area contributed by atoms with Crippen LogP contribution in [0.25, 0.3) is 6.08 Å². The van der Waals surface area contributed by atoms with Crippen LogP contribution >= 0.6 is 11.8 Å². The molecule has 2 rings (SSSR count). The first kappa shape index (κ1) is 14.5. The molecule has 1 aromatic carbocycles. The third kappa shape index (κ3) is 3.15. The Balaban J connectivity index is 2.20. The van der Waals surface area contributed by atoms with Crippen molar-refractivity contribution in [1.29, 1.82) is 0 Å². The number of hydrogen-bond acceptors (Lipinski definition) is 5. The van der Waals surface area contributed by atoms with Crippen LogP contribution in [0, 0.1) is 0 Å². The van der Waals surface area contributed by atoms with E-state index in [-0.39, 0.29) is 18.9 Å². The van der Waals surface area contributed by atoms with Crippen LogP contribution in [0.2, 0.25) is 0 Å². The summed E-state index contributed by atoms with van der Waals surface area (Å²) in [5, 5.41) is 8.52. The van der Waals surface area contributed by atoms with Crippen LogP contribution < -0.4 is 0 Å². The van der Waals surface area contributed by atoms with Gasteiger partial charge in [0, 0.05) is 0 Å². The van der Waals surface area contributed by atoms with E-state index in [0.717, 1.165) is 27.8 Å². The van der Waals surface area contributed by atoms with Gasteiger partial charge in [-0.15, -0.1) is 0 Å². The number of aliphatic hydroxyl groups is 1. The average molecular weight is 291 g/mol. The Morgan fingerprint density at radius 2 is 1.95 bits per heavy atom. The number of nitrogens with zero attached hydrogens (tertiary/aromatic N) is 1. The highest BCUT2D eigenvalue weighted by atomic mass is 32.2. The first-order valence-electron chi connectivity index (χ1n) is 5.96. The number of benzene rings is 1. The van der Waals surface area contributed by atoms with Gasteiger partial charge in [-0.1, -0.05) is 24.3 Å². The molecule has 0 radical (unpaired) electrons. The standard InChI is InChI=1S/C14H13NO4S/c1-9(17)7-15-13(18)12(20-14(15)19)6-10-2-4-11(8-16)5-3-10/h2-6,16H,7-8H2,1H3/b12-6-. The normalized spacial score (nSPS) is 17.1. The molecule has 5 nitrogen and oxygen atoms in total. The molecule has 1 aromatic rings. The largest absolute Gasteiger partial charge is 0.392 e. The summed E-state index contributed by atoms with van der Waals surface area (Å²) in [4.78, 5) is 35.9. The molecule has 2 amide bonds. The van der Waals surface area contributed by atoms with Crippen molar-refractivity contribution in [3.63, 3.8) is 0 Å². The number of rotatable bonds is 4. The fraction of sp³-hybridized carbons (Fsp3) is 0.214. The highest BCUT2D eigenvalue weighted by Gasteiger charge is 2.35. The molecule has 1 aliphatic heterocycles.